The maximum atomic E-state index is 12.3. The van der Waals surface area contributed by atoms with E-state index in [2.05, 4.69) is 10.2 Å². The van der Waals surface area contributed by atoms with Gasteiger partial charge in [-0.05, 0) is 31.2 Å². The van der Waals surface area contributed by atoms with Crippen LogP contribution in [0.25, 0.3) is 17.3 Å². The molecule has 0 atom stereocenters. The van der Waals surface area contributed by atoms with E-state index < -0.39 is 5.69 Å². The summed E-state index contributed by atoms with van der Waals surface area (Å²) < 4.78 is 21.3. The molecule has 0 saturated heterocycles. The molecule has 0 unspecified atom stereocenters. The average Bonchev–Trinajstić information content (AvgIpc) is 3.44. The number of hydrogen-bond donors (Lipinski definition) is 0. The van der Waals surface area contributed by atoms with E-state index in [1.165, 1.54) is 29.4 Å². The molecule has 1 aromatic carbocycles. The maximum Gasteiger partial charge on any atom is 0.330 e. The summed E-state index contributed by atoms with van der Waals surface area (Å²) in [6, 6.07) is 10.6. The third-order valence-electron chi connectivity index (χ3n) is 5.19. The van der Waals surface area contributed by atoms with Gasteiger partial charge < -0.3 is 13.9 Å². The van der Waals surface area contributed by atoms with Crippen molar-refractivity contribution in [2.45, 2.75) is 17.8 Å². The minimum Gasteiger partial charge on any atom is -0.494 e. The topological polar surface area (TPSA) is 106 Å². The number of thioether (sulfide) groups is 1. The molecule has 0 saturated carbocycles. The Morgan fingerprint density at radius 1 is 1.00 bits per heavy atom. The van der Waals surface area contributed by atoms with Crippen molar-refractivity contribution in [1.29, 1.82) is 0 Å². The fourth-order valence-electron chi connectivity index (χ4n) is 3.39. The van der Waals surface area contributed by atoms with E-state index in [0.29, 0.717) is 45.4 Å². The summed E-state index contributed by atoms with van der Waals surface area (Å²) in [6.45, 7) is 1.85. The van der Waals surface area contributed by atoms with E-state index in [0.717, 1.165) is 10.3 Å². The van der Waals surface area contributed by atoms with Crippen LogP contribution in [0.1, 0.15) is 11.5 Å². The molecule has 3 aromatic heterocycles. The van der Waals surface area contributed by atoms with Crippen LogP contribution >= 0.6 is 11.8 Å². The Hall–Kier alpha value is -3.73. The van der Waals surface area contributed by atoms with Gasteiger partial charge in [0.2, 0.25) is 5.82 Å². The van der Waals surface area contributed by atoms with Gasteiger partial charge in [0.15, 0.2) is 10.9 Å². The molecule has 11 heteroatoms. The molecule has 172 valence electrons. The van der Waals surface area contributed by atoms with Gasteiger partial charge in [0, 0.05) is 31.6 Å². The third-order valence-corrected chi connectivity index (χ3v) is 6.16. The molecule has 33 heavy (non-hydrogen) atoms. The second kappa shape index (κ2) is 9.02. The minimum absolute atomic E-state index is 0.314. The Balaban J connectivity index is 1.86. The smallest absolute Gasteiger partial charge is 0.330 e. The van der Waals surface area contributed by atoms with Crippen LogP contribution in [-0.2, 0) is 19.8 Å². The molecular formula is C22H23N5O5S. The monoisotopic (exact) mass is 469 g/mol. The fourth-order valence-corrected chi connectivity index (χ4v) is 4.35. The number of rotatable bonds is 7. The molecule has 3 heterocycles. The zero-order valence-electron chi connectivity index (χ0n) is 18.9. The summed E-state index contributed by atoms with van der Waals surface area (Å²) in [5, 5.41) is 9.24. The highest BCUT2D eigenvalue weighted by Crippen LogP contribution is 2.39. The number of benzene rings is 1. The molecule has 4 aromatic rings. The number of para-hydroxylation sites is 1. The summed E-state index contributed by atoms with van der Waals surface area (Å²) in [7, 11) is 6.22. The first-order valence-corrected chi connectivity index (χ1v) is 11.0. The van der Waals surface area contributed by atoms with Gasteiger partial charge in [0.25, 0.3) is 5.56 Å². The SMILES string of the molecule is COc1cccc(OC)c1-n1c(SCc2cc(=O)n(C)c(=O)n2C)nnc1-c1ccc(C)o1. The largest absolute Gasteiger partial charge is 0.494 e. The van der Waals surface area contributed by atoms with Gasteiger partial charge in [-0.2, -0.15) is 0 Å². The molecule has 0 N–H and O–H groups in total. The summed E-state index contributed by atoms with van der Waals surface area (Å²) >= 11 is 1.32. The number of nitrogens with zero attached hydrogens (tertiary/aromatic N) is 5. The molecular weight excluding hydrogens is 446 g/mol. The number of ether oxygens (including phenoxy) is 2. The van der Waals surface area contributed by atoms with E-state index >= 15 is 0 Å². The quantitative estimate of drug-likeness (QED) is 0.380. The van der Waals surface area contributed by atoms with Gasteiger partial charge in [0.1, 0.15) is 22.9 Å². The first kappa shape index (κ1) is 22.5. The number of aromatic nitrogens is 5. The number of furan rings is 1. The molecule has 0 radical (unpaired) electrons. The lowest BCUT2D eigenvalue weighted by Gasteiger charge is -2.16. The third kappa shape index (κ3) is 4.07. The first-order chi connectivity index (χ1) is 15.8. The Kier molecular flexibility index (Phi) is 6.14. The van der Waals surface area contributed by atoms with Crippen molar-refractivity contribution in [3.63, 3.8) is 0 Å². The second-order valence-corrected chi connectivity index (χ2v) is 8.17. The van der Waals surface area contributed by atoms with E-state index in [9.17, 15) is 9.59 Å². The van der Waals surface area contributed by atoms with Crippen LogP contribution in [0.5, 0.6) is 11.5 Å². The molecule has 0 aliphatic carbocycles. The van der Waals surface area contributed by atoms with Crippen LogP contribution in [0.2, 0.25) is 0 Å². The van der Waals surface area contributed by atoms with Gasteiger partial charge >= 0.3 is 5.69 Å². The molecule has 10 nitrogen and oxygen atoms in total. The summed E-state index contributed by atoms with van der Waals surface area (Å²) in [5.41, 5.74) is 0.410. The number of hydrogen-bond acceptors (Lipinski definition) is 8. The summed E-state index contributed by atoms with van der Waals surface area (Å²) in [4.78, 5) is 24.4. The lowest BCUT2D eigenvalue weighted by atomic mass is 10.2. The van der Waals surface area contributed by atoms with Crippen LogP contribution in [0.3, 0.4) is 0 Å². The second-order valence-electron chi connectivity index (χ2n) is 7.23. The summed E-state index contributed by atoms with van der Waals surface area (Å²) in [5.74, 6) is 3.15. The van der Waals surface area contributed by atoms with Crippen molar-refractivity contribution in [3.8, 4) is 28.8 Å². The maximum absolute atomic E-state index is 12.3. The molecule has 0 aliphatic heterocycles. The number of aryl methyl sites for hydroxylation is 1. The summed E-state index contributed by atoms with van der Waals surface area (Å²) in [6.07, 6.45) is 0. The number of methoxy groups -OCH3 is 2. The van der Waals surface area contributed by atoms with Crippen molar-refractivity contribution in [1.82, 2.24) is 23.9 Å². The highest BCUT2D eigenvalue weighted by atomic mass is 32.2. The molecule has 0 aliphatic rings. The van der Waals surface area contributed by atoms with E-state index in [-0.39, 0.29) is 5.56 Å². The first-order valence-electron chi connectivity index (χ1n) is 9.98. The van der Waals surface area contributed by atoms with E-state index in [4.69, 9.17) is 13.9 Å². The fraction of sp³-hybridized carbons (Fsp3) is 0.273. The van der Waals surface area contributed by atoms with Gasteiger partial charge in [-0.3, -0.25) is 18.5 Å². The molecule has 0 fully saturated rings. The van der Waals surface area contributed by atoms with Crippen molar-refractivity contribution in [2.75, 3.05) is 14.2 Å². The lowest BCUT2D eigenvalue weighted by molar-refractivity contribution is 0.390. The van der Waals surface area contributed by atoms with Crippen molar-refractivity contribution >= 4 is 11.8 Å². The average molecular weight is 470 g/mol. The molecule has 4 rings (SSSR count). The van der Waals surface area contributed by atoms with Crippen molar-refractivity contribution in [2.24, 2.45) is 14.1 Å². The molecule has 0 bridgehead atoms. The van der Waals surface area contributed by atoms with Crippen molar-refractivity contribution in [3.05, 3.63) is 68.7 Å². The van der Waals surface area contributed by atoms with E-state index in [1.807, 2.05) is 37.3 Å². The van der Waals surface area contributed by atoms with Gasteiger partial charge in [0.05, 0.1) is 14.2 Å². The van der Waals surface area contributed by atoms with Crippen molar-refractivity contribution < 1.29 is 13.9 Å². The molecule has 0 spiro atoms. The zero-order valence-corrected chi connectivity index (χ0v) is 19.7. The minimum atomic E-state index is -0.391. The highest BCUT2D eigenvalue weighted by molar-refractivity contribution is 7.98. The van der Waals surface area contributed by atoms with E-state index in [1.54, 1.807) is 25.8 Å². The Bertz CT molecular complexity index is 1410. The van der Waals surface area contributed by atoms with Gasteiger partial charge in [-0.25, -0.2) is 4.79 Å². The van der Waals surface area contributed by atoms with Crippen LogP contribution in [0, 0.1) is 6.92 Å². The Labute approximate surface area is 193 Å². The van der Waals surface area contributed by atoms with Crippen LogP contribution in [0.15, 0.2) is 55.6 Å². The van der Waals surface area contributed by atoms with Crippen LogP contribution in [0.4, 0.5) is 0 Å². The Morgan fingerprint density at radius 3 is 2.30 bits per heavy atom. The lowest BCUT2D eigenvalue weighted by Crippen LogP contribution is -2.37. The highest BCUT2D eigenvalue weighted by Gasteiger charge is 2.24. The van der Waals surface area contributed by atoms with Crippen LogP contribution < -0.4 is 20.7 Å². The molecule has 0 amide bonds. The predicted molar refractivity (Wildman–Crippen MR) is 123 cm³/mol. The standard InChI is InChI=1S/C22H23N5O5S/c1-13-9-10-17(32-13)20-23-24-21(27(20)19-15(30-4)7-6-8-16(19)31-5)33-12-14-11-18(28)26(3)22(29)25(14)2/h6-11H,12H2,1-5H3. The van der Waals surface area contributed by atoms with Gasteiger partial charge in [-0.15, -0.1) is 10.2 Å². The zero-order chi connectivity index (χ0) is 23.7. The normalized spacial score (nSPS) is 11.1. The van der Waals surface area contributed by atoms with Crippen LogP contribution in [-0.4, -0.2) is 38.1 Å². The Morgan fingerprint density at radius 2 is 1.70 bits per heavy atom. The van der Waals surface area contributed by atoms with Gasteiger partial charge in [-0.1, -0.05) is 17.8 Å². The predicted octanol–water partition coefficient (Wildman–Crippen LogP) is 2.54.